The van der Waals surface area contributed by atoms with Gasteiger partial charge >= 0.3 is 12.5 Å². The lowest BCUT2D eigenvalue weighted by Gasteiger charge is -2.14. The number of alkyl halides is 7. The van der Waals surface area contributed by atoms with Gasteiger partial charge in [-0.2, -0.15) is 13.9 Å². The van der Waals surface area contributed by atoms with Crippen LogP contribution in [0.4, 0.5) is 35.2 Å². The van der Waals surface area contributed by atoms with Crippen LogP contribution in [0.5, 0.6) is 0 Å². The summed E-state index contributed by atoms with van der Waals surface area (Å²) >= 11 is 0. The first-order valence-electron chi connectivity index (χ1n) is 3.67. The molecule has 0 radical (unpaired) electrons. The molecular formula is C7H11F8N. The van der Waals surface area contributed by atoms with Crippen molar-refractivity contribution in [3.8, 4) is 0 Å². The quantitative estimate of drug-likeness (QED) is 0.405. The van der Waals surface area contributed by atoms with Crippen molar-refractivity contribution >= 4 is 0 Å². The highest BCUT2D eigenvalue weighted by Gasteiger charge is 2.27. The van der Waals surface area contributed by atoms with Crippen molar-refractivity contribution in [2.24, 2.45) is 0 Å². The number of halogens is 8. The fourth-order valence-corrected chi connectivity index (χ4v) is 0.160. The summed E-state index contributed by atoms with van der Waals surface area (Å²) in [4.78, 5) is 0. The second-order valence-corrected chi connectivity index (χ2v) is 2.03. The number of hydrogen-bond acceptors (Lipinski definition) is 1. The lowest BCUT2D eigenvalue weighted by atomic mass is 10.6. The van der Waals surface area contributed by atoms with Gasteiger partial charge in [-0.05, 0) is 6.92 Å². The summed E-state index contributed by atoms with van der Waals surface area (Å²) < 4.78 is 83.8. The predicted molar refractivity (Wildman–Crippen MR) is 42.6 cm³/mol. The molecule has 0 spiro atoms. The number of hydrogen-bond donors (Lipinski definition) is 0. The summed E-state index contributed by atoms with van der Waals surface area (Å²) in [5.74, 6) is 0. The van der Waals surface area contributed by atoms with E-state index in [0.29, 0.717) is 13.1 Å². The van der Waals surface area contributed by atoms with Crippen LogP contribution in [-0.2, 0) is 0 Å². The Kier molecular flexibility index (Phi) is 11.8. The van der Waals surface area contributed by atoms with Crippen LogP contribution in [0.3, 0.4) is 0 Å². The average molecular weight is 261 g/mol. The smallest absolute Gasteiger partial charge is 0.251 e. The maximum Gasteiger partial charge on any atom is 0.559 e. The summed E-state index contributed by atoms with van der Waals surface area (Å²) in [5, 5.41) is -0.757. The summed E-state index contributed by atoms with van der Waals surface area (Å²) in [7, 11) is 0. The van der Waals surface area contributed by atoms with Gasteiger partial charge in [0, 0.05) is 13.1 Å². The zero-order chi connectivity index (χ0) is 14.0. The van der Waals surface area contributed by atoms with E-state index in [1.165, 1.54) is 6.92 Å². The molecule has 0 aliphatic heterocycles. The number of rotatable bonds is 2. The molecule has 9 heteroatoms. The Hall–Kier alpha value is -1.02. The molecule has 0 aliphatic rings. The molecule has 0 bridgehead atoms. The van der Waals surface area contributed by atoms with Crippen LogP contribution in [-0.4, -0.2) is 24.3 Å². The SMILES string of the molecule is C=CN(F)C(C)(F)F.CCF.FC(F)(F)F. The van der Waals surface area contributed by atoms with E-state index in [9.17, 15) is 35.2 Å². The van der Waals surface area contributed by atoms with Crippen LogP contribution < -0.4 is 0 Å². The Balaban J connectivity index is -0.000000181. The molecule has 0 fully saturated rings. The molecule has 0 aromatic heterocycles. The van der Waals surface area contributed by atoms with E-state index >= 15 is 0 Å². The zero-order valence-electron chi connectivity index (χ0n) is 8.46. The highest BCUT2D eigenvalue weighted by Crippen LogP contribution is 2.17. The van der Waals surface area contributed by atoms with Gasteiger partial charge in [-0.15, -0.1) is 17.6 Å². The first-order valence-corrected chi connectivity index (χ1v) is 3.67. The minimum Gasteiger partial charge on any atom is -0.251 e. The Morgan fingerprint density at radius 1 is 1.12 bits per heavy atom. The van der Waals surface area contributed by atoms with Gasteiger partial charge in [0.1, 0.15) is 0 Å². The van der Waals surface area contributed by atoms with Crippen molar-refractivity contribution in [2.75, 3.05) is 6.67 Å². The molecule has 0 amide bonds. The minimum absolute atomic E-state index is 0.250. The predicted octanol–water partition coefficient (Wildman–Crippen LogP) is 4.38. The van der Waals surface area contributed by atoms with Gasteiger partial charge in [-0.1, -0.05) is 11.1 Å². The molecular weight excluding hydrogens is 250 g/mol. The Morgan fingerprint density at radius 2 is 1.31 bits per heavy atom. The molecule has 1 nitrogen and oxygen atoms in total. The van der Waals surface area contributed by atoms with Crippen LogP contribution in [0, 0.1) is 0 Å². The van der Waals surface area contributed by atoms with Gasteiger partial charge in [0.05, 0.1) is 6.67 Å². The van der Waals surface area contributed by atoms with E-state index < -0.39 is 17.6 Å². The van der Waals surface area contributed by atoms with Gasteiger partial charge in [0.2, 0.25) is 0 Å². The zero-order valence-corrected chi connectivity index (χ0v) is 8.46. The lowest BCUT2D eigenvalue weighted by Crippen LogP contribution is -2.26. The monoisotopic (exact) mass is 261 g/mol. The van der Waals surface area contributed by atoms with E-state index in [1.54, 1.807) is 0 Å². The normalized spacial score (nSPS) is 10.4. The van der Waals surface area contributed by atoms with E-state index in [-0.39, 0.29) is 6.67 Å². The third-order valence-electron chi connectivity index (χ3n) is 0.535. The first-order chi connectivity index (χ1) is 6.90. The van der Waals surface area contributed by atoms with Crippen LogP contribution in [0.15, 0.2) is 12.8 Å². The second-order valence-electron chi connectivity index (χ2n) is 2.03. The highest BCUT2D eigenvalue weighted by molar-refractivity contribution is 4.66. The molecule has 0 N–H and O–H groups in total. The van der Waals surface area contributed by atoms with Crippen LogP contribution in [0.1, 0.15) is 13.8 Å². The maximum atomic E-state index is 11.6. The average Bonchev–Trinajstić information content (AvgIpc) is 1.99. The summed E-state index contributed by atoms with van der Waals surface area (Å²) in [6, 6.07) is -3.44. The van der Waals surface area contributed by atoms with Crippen LogP contribution >= 0.6 is 0 Å². The van der Waals surface area contributed by atoms with Crippen molar-refractivity contribution in [2.45, 2.75) is 26.3 Å². The van der Waals surface area contributed by atoms with Crippen molar-refractivity contribution in [1.29, 1.82) is 0 Å². The van der Waals surface area contributed by atoms with Gasteiger partial charge in [-0.3, -0.25) is 4.39 Å². The molecule has 0 heterocycles. The van der Waals surface area contributed by atoms with Crippen molar-refractivity contribution in [3.05, 3.63) is 12.8 Å². The third kappa shape index (κ3) is 38.2. The summed E-state index contributed by atoms with van der Waals surface area (Å²) in [6.45, 7) is 4.45. The summed E-state index contributed by atoms with van der Waals surface area (Å²) in [5.41, 5.74) is 0. The van der Waals surface area contributed by atoms with E-state index in [4.69, 9.17) is 0 Å². The number of nitrogens with zero attached hydrogens (tertiary/aromatic N) is 1. The van der Waals surface area contributed by atoms with Gasteiger partial charge in [0.15, 0.2) is 0 Å². The molecule has 16 heavy (non-hydrogen) atoms. The van der Waals surface area contributed by atoms with Gasteiger partial charge in [0.25, 0.3) is 0 Å². The van der Waals surface area contributed by atoms with Crippen LogP contribution in [0.2, 0.25) is 0 Å². The Morgan fingerprint density at radius 3 is 1.31 bits per heavy atom. The van der Waals surface area contributed by atoms with E-state index in [0.717, 1.165) is 0 Å². The van der Waals surface area contributed by atoms with Crippen molar-refractivity contribution in [3.63, 3.8) is 0 Å². The maximum absolute atomic E-state index is 11.6. The fourth-order valence-electron chi connectivity index (χ4n) is 0.160. The molecule has 0 atom stereocenters. The Bertz CT molecular complexity index is 155. The van der Waals surface area contributed by atoms with Crippen LogP contribution in [0.25, 0.3) is 0 Å². The van der Waals surface area contributed by atoms with Gasteiger partial charge in [-0.25, -0.2) is 0 Å². The largest absolute Gasteiger partial charge is 0.559 e. The molecule has 0 aromatic rings. The highest BCUT2D eigenvalue weighted by atomic mass is 19.5. The van der Waals surface area contributed by atoms with E-state index in [1.807, 2.05) is 0 Å². The standard InChI is InChI=1S/C4H6F3N.C2H5F.CF4/c1-3-8(7)4(2,5)6;1-2-3;2-1(3,4)5/h3H,1H2,2H3;2H2,1H3;. The molecule has 0 aromatic carbocycles. The minimum atomic E-state index is -5.50. The molecule has 0 unspecified atom stereocenters. The molecule has 100 valence electrons. The van der Waals surface area contributed by atoms with E-state index in [2.05, 4.69) is 6.58 Å². The van der Waals surface area contributed by atoms with Crippen molar-refractivity contribution < 1.29 is 35.2 Å². The fraction of sp³-hybridized carbons (Fsp3) is 0.714. The molecule has 0 saturated carbocycles. The molecule has 0 aliphatic carbocycles. The molecule has 0 rings (SSSR count). The lowest BCUT2D eigenvalue weighted by molar-refractivity contribution is -0.237. The Labute approximate surface area is 87.3 Å². The summed E-state index contributed by atoms with van der Waals surface area (Å²) in [6.07, 6.45) is -5.08. The second kappa shape index (κ2) is 9.22. The topological polar surface area (TPSA) is 3.24 Å². The van der Waals surface area contributed by atoms with Crippen molar-refractivity contribution in [1.82, 2.24) is 5.12 Å². The third-order valence-corrected chi connectivity index (χ3v) is 0.535. The van der Waals surface area contributed by atoms with Gasteiger partial charge < -0.3 is 0 Å². The first kappa shape index (κ1) is 20.4. The molecule has 0 saturated heterocycles.